The Balaban J connectivity index is 1.63. The molecule has 0 spiro atoms. The summed E-state index contributed by atoms with van der Waals surface area (Å²) in [4.78, 5) is 14.3. The maximum atomic E-state index is 12.1. The van der Waals surface area contributed by atoms with Crippen molar-refractivity contribution in [1.29, 1.82) is 0 Å². The zero-order chi connectivity index (χ0) is 19.9. The molecule has 0 bridgehead atoms. The van der Waals surface area contributed by atoms with E-state index in [1.165, 1.54) is 6.08 Å². The Labute approximate surface area is 179 Å². The highest BCUT2D eigenvalue weighted by Gasteiger charge is 2.18. The predicted octanol–water partition coefficient (Wildman–Crippen LogP) is 4.36. The number of thiocarbonyl (C=S) groups is 1. The number of nitrogens with one attached hydrogen (secondary N) is 2. The van der Waals surface area contributed by atoms with Crippen LogP contribution in [-0.2, 0) is 9.53 Å². The van der Waals surface area contributed by atoms with E-state index < -0.39 is 0 Å². The number of morpholine rings is 1. The van der Waals surface area contributed by atoms with Gasteiger partial charge in [0.25, 0.3) is 0 Å². The minimum absolute atomic E-state index is 0.197. The van der Waals surface area contributed by atoms with Gasteiger partial charge in [-0.2, -0.15) is 0 Å². The van der Waals surface area contributed by atoms with Crippen molar-refractivity contribution in [1.82, 2.24) is 5.32 Å². The predicted molar refractivity (Wildman–Crippen MR) is 119 cm³/mol. The van der Waals surface area contributed by atoms with Crippen molar-refractivity contribution in [3.05, 3.63) is 64.1 Å². The highest BCUT2D eigenvalue weighted by molar-refractivity contribution is 7.80. The number of anilines is 2. The van der Waals surface area contributed by atoms with E-state index in [9.17, 15) is 4.79 Å². The summed E-state index contributed by atoms with van der Waals surface area (Å²) in [5, 5.41) is 7.16. The second-order valence-electron chi connectivity index (χ2n) is 6.06. The molecule has 1 aliphatic heterocycles. The number of hydrogen-bond donors (Lipinski definition) is 2. The maximum Gasteiger partial charge on any atom is 0.250 e. The molecule has 28 heavy (non-hydrogen) atoms. The maximum absolute atomic E-state index is 12.1. The summed E-state index contributed by atoms with van der Waals surface area (Å²) in [7, 11) is 0. The van der Waals surface area contributed by atoms with Crippen molar-refractivity contribution in [3.8, 4) is 0 Å². The lowest BCUT2D eigenvalue weighted by Crippen LogP contribution is -2.38. The van der Waals surface area contributed by atoms with Gasteiger partial charge in [0.2, 0.25) is 5.91 Å². The number of carbonyl (C=O) groups is 1. The molecule has 2 N–H and O–H groups in total. The van der Waals surface area contributed by atoms with Crippen LogP contribution in [0.3, 0.4) is 0 Å². The van der Waals surface area contributed by atoms with Crippen LogP contribution in [0.15, 0.2) is 48.5 Å². The molecule has 0 saturated carbocycles. The summed E-state index contributed by atoms with van der Waals surface area (Å²) < 4.78 is 5.40. The van der Waals surface area contributed by atoms with E-state index >= 15 is 0 Å². The molecule has 1 saturated heterocycles. The van der Waals surface area contributed by atoms with Crippen molar-refractivity contribution in [3.63, 3.8) is 0 Å². The minimum Gasteiger partial charge on any atom is -0.378 e. The molecule has 0 aromatic heterocycles. The molecule has 0 unspecified atom stereocenters. The fourth-order valence-electron chi connectivity index (χ4n) is 2.78. The van der Waals surface area contributed by atoms with Gasteiger partial charge < -0.3 is 15.0 Å². The van der Waals surface area contributed by atoms with Gasteiger partial charge in [-0.1, -0.05) is 41.4 Å². The van der Waals surface area contributed by atoms with Crippen molar-refractivity contribution in [2.45, 2.75) is 0 Å². The smallest absolute Gasteiger partial charge is 0.250 e. The van der Waals surface area contributed by atoms with Gasteiger partial charge in [-0.05, 0) is 48.1 Å². The van der Waals surface area contributed by atoms with Crippen LogP contribution in [-0.4, -0.2) is 37.3 Å². The van der Waals surface area contributed by atoms with Crippen LogP contribution in [0.2, 0.25) is 10.0 Å². The molecule has 5 nitrogen and oxygen atoms in total. The van der Waals surface area contributed by atoms with Crippen LogP contribution >= 0.6 is 35.4 Å². The summed E-state index contributed by atoms with van der Waals surface area (Å²) in [5.41, 5.74) is 2.45. The van der Waals surface area contributed by atoms with Gasteiger partial charge in [-0.25, -0.2) is 0 Å². The third kappa shape index (κ3) is 5.69. The molecule has 0 atom stereocenters. The van der Waals surface area contributed by atoms with Gasteiger partial charge in [0.05, 0.1) is 29.6 Å². The van der Waals surface area contributed by atoms with E-state index in [1.54, 1.807) is 18.2 Å². The molecule has 0 radical (unpaired) electrons. The Morgan fingerprint density at radius 2 is 1.82 bits per heavy atom. The Kier molecular flexibility index (Phi) is 7.28. The van der Waals surface area contributed by atoms with Gasteiger partial charge in [0, 0.05) is 24.2 Å². The molecule has 0 aliphatic carbocycles. The largest absolute Gasteiger partial charge is 0.378 e. The third-order valence-corrected chi connectivity index (χ3v) is 4.86. The first kappa shape index (κ1) is 20.6. The number of amides is 1. The molecule has 8 heteroatoms. The minimum atomic E-state index is -0.331. The van der Waals surface area contributed by atoms with Gasteiger partial charge in [0.15, 0.2) is 5.11 Å². The van der Waals surface area contributed by atoms with E-state index in [-0.39, 0.29) is 11.0 Å². The quantitative estimate of drug-likeness (QED) is 0.551. The fourth-order valence-corrected chi connectivity index (χ4v) is 3.41. The van der Waals surface area contributed by atoms with Gasteiger partial charge in [0.1, 0.15) is 0 Å². The van der Waals surface area contributed by atoms with E-state index in [1.807, 2.05) is 30.3 Å². The number of halogens is 2. The third-order valence-electron chi connectivity index (χ3n) is 4.10. The summed E-state index contributed by atoms with van der Waals surface area (Å²) >= 11 is 17.5. The summed E-state index contributed by atoms with van der Waals surface area (Å²) in [5.74, 6) is -0.331. The first-order valence-electron chi connectivity index (χ1n) is 8.70. The lowest BCUT2D eigenvalue weighted by Gasteiger charge is -2.31. The zero-order valence-electron chi connectivity index (χ0n) is 15.0. The van der Waals surface area contributed by atoms with Crippen LogP contribution in [0.1, 0.15) is 5.56 Å². The normalized spacial score (nSPS) is 14.1. The lowest BCUT2D eigenvalue weighted by molar-refractivity contribution is -0.115. The molecule has 1 aliphatic rings. The molecule has 1 amide bonds. The monoisotopic (exact) mass is 435 g/mol. The highest BCUT2D eigenvalue weighted by Crippen LogP contribution is 2.34. The van der Waals surface area contributed by atoms with Gasteiger partial charge in [-0.15, -0.1) is 0 Å². The molecular formula is C20H19Cl2N3O2S. The van der Waals surface area contributed by atoms with Crippen LogP contribution in [0.4, 0.5) is 11.4 Å². The number of para-hydroxylation sites is 1. The van der Waals surface area contributed by atoms with E-state index in [2.05, 4.69) is 15.5 Å². The highest BCUT2D eigenvalue weighted by atomic mass is 35.5. The molecular weight excluding hydrogens is 417 g/mol. The van der Waals surface area contributed by atoms with Crippen molar-refractivity contribution in [2.24, 2.45) is 0 Å². The Morgan fingerprint density at radius 1 is 1.11 bits per heavy atom. The van der Waals surface area contributed by atoms with Crippen molar-refractivity contribution >= 4 is 63.9 Å². The van der Waals surface area contributed by atoms with E-state index in [0.717, 1.165) is 30.0 Å². The average Bonchev–Trinajstić information content (AvgIpc) is 2.68. The van der Waals surface area contributed by atoms with Crippen LogP contribution in [0.25, 0.3) is 6.08 Å². The summed E-state index contributed by atoms with van der Waals surface area (Å²) in [6, 6.07) is 12.7. The van der Waals surface area contributed by atoms with E-state index in [4.69, 9.17) is 40.2 Å². The van der Waals surface area contributed by atoms with Gasteiger partial charge >= 0.3 is 0 Å². The molecule has 2 aromatic carbocycles. The van der Waals surface area contributed by atoms with Gasteiger partial charge in [-0.3, -0.25) is 10.1 Å². The SMILES string of the molecule is O=C(C=Cc1ccc(Cl)cc1)NC(=S)Nc1cccc(Cl)c1N1CCOCC1. The summed E-state index contributed by atoms with van der Waals surface area (Å²) in [6.45, 7) is 2.76. The number of rotatable bonds is 4. The van der Waals surface area contributed by atoms with Crippen molar-refractivity contribution < 1.29 is 9.53 Å². The Bertz CT molecular complexity index is 882. The molecule has 2 aromatic rings. The summed E-state index contributed by atoms with van der Waals surface area (Å²) in [6.07, 6.45) is 3.10. The first-order valence-corrected chi connectivity index (χ1v) is 9.86. The van der Waals surface area contributed by atoms with E-state index in [0.29, 0.717) is 23.3 Å². The van der Waals surface area contributed by atoms with Crippen LogP contribution in [0, 0.1) is 0 Å². The lowest BCUT2D eigenvalue weighted by atomic mass is 10.2. The second kappa shape index (κ2) is 9.89. The Morgan fingerprint density at radius 3 is 2.54 bits per heavy atom. The average molecular weight is 436 g/mol. The second-order valence-corrected chi connectivity index (χ2v) is 7.32. The fraction of sp³-hybridized carbons (Fsp3) is 0.200. The number of carbonyl (C=O) groups excluding carboxylic acids is 1. The van der Waals surface area contributed by atoms with Crippen molar-refractivity contribution in [2.75, 3.05) is 36.5 Å². The number of ether oxygens (including phenoxy) is 1. The van der Waals surface area contributed by atoms with Crippen LogP contribution in [0.5, 0.6) is 0 Å². The Hall–Kier alpha value is -2.12. The first-order chi connectivity index (χ1) is 13.5. The molecule has 1 fully saturated rings. The number of benzene rings is 2. The number of nitrogens with zero attached hydrogens (tertiary/aromatic N) is 1. The van der Waals surface area contributed by atoms with Crippen LogP contribution < -0.4 is 15.5 Å². The zero-order valence-corrected chi connectivity index (χ0v) is 17.3. The molecule has 146 valence electrons. The topological polar surface area (TPSA) is 53.6 Å². The molecule has 3 rings (SSSR count). The standard InChI is InChI=1S/C20H19Cl2N3O2S/c21-15-7-4-14(5-8-15)6-9-18(26)24-20(28)23-17-3-1-2-16(22)19(17)25-10-12-27-13-11-25/h1-9H,10-13H2,(H2,23,24,26,28). The number of hydrogen-bond acceptors (Lipinski definition) is 4. The molecule has 1 heterocycles.